The largest absolute Gasteiger partial charge is 0.365 e. The zero-order valence-corrected chi connectivity index (χ0v) is 9.16. The number of rotatable bonds is 2. The van der Waals surface area contributed by atoms with Gasteiger partial charge in [-0.25, -0.2) is 0 Å². The van der Waals surface area contributed by atoms with Crippen LogP contribution in [0.5, 0.6) is 0 Å². The number of hydrogen-bond acceptors (Lipinski definition) is 1. The summed E-state index contributed by atoms with van der Waals surface area (Å²) >= 11 is 26.8. The van der Waals surface area contributed by atoms with Crippen LogP contribution in [0.4, 0.5) is 0 Å². The molecule has 0 heterocycles. The summed E-state index contributed by atoms with van der Waals surface area (Å²) in [5.41, 5.74) is 4.79. The summed E-state index contributed by atoms with van der Waals surface area (Å²) in [7, 11) is 0. The zero-order valence-electron chi connectivity index (χ0n) is 5.38. The molecule has 0 saturated heterocycles. The number of primary amides is 1. The molecule has 0 fully saturated rings. The molecular weight excluding hydrogens is 267 g/mol. The fourth-order valence-electron chi connectivity index (χ4n) is 0.287. The van der Waals surface area contributed by atoms with E-state index < -0.39 is 10.9 Å². The second kappa shape index (κ2) is 5.20. The van der Waals surface area contributed by atoms with Gasteiger partial charge in [0.05, 0.1) is 10.1 Å². The smallest absolute Gasteiger partial charge is 0.261 e. The molecule has 0 unspecified atom stereocenters. The van der Waals surface area contributed by atoms with Gasteiger partial charge in [0.25, 0.3) is 5.91 Å². The number of allylic oxidation sites excluding steroid dienone is 2. The minimum Gasteiger partial charge on any atom is -0.365 e. The van der Waals surface area contributed by atoms with E-state index in [1.807, 2.05) is 0 Å². The van der Waals surface area contributed by atoms with Crippen molar-refractivity contribution < 1.29 is 4.79 Å². The van der Waals surface area contributed by atoms with Gasteiger partial charge in [-0.3, -0.25) is 4.79 Å². The van der Waals surface area contributed by atoms with E-state index in [9.17, 15) is 4.79 Å². The molecule has 1 amide bonds. The van der Waals surface area contributed by atoms with Crippen molar-refractivity contribution in [2.75, 3.05) is 0 Å². The summed E-state index contributed by atoms with van der Waals surface area (Å²) in [5.74, 6) is -0.908. The Morgan fingerprint density at radius 1 is 0.833 bits per heavy atom. The maximum Gasteiger partial charge on any atom is 0.261 e. The molecule has 0 radical (unpaired) electrons. The molecule has 0 rings (SSSR count). The molecule has 0 aliphatic rings. The van der Waals surface area contributed by atoms with Crippen LogP contribution in [0.3, 0.4) is 0 Å². The lowest BCUT2D eigenvalue weighted by atomic mass is 10.4. The summed E-state index contributed by atoms with van der Waals surface area (Å²) in [6, 6.07) is 0. The van der Waals surface area contributed by atoms with Crippen molar-refractivity contribution in [2.24, 2.45) is 5.73 Å². The van der Waals surface area contributed by atoms with Gasteiger partial charge in [-0.2, -0.15) is 0 Å². The van der Waals surface area contributed by atoms with Gasteiger partial charge >= 0.3 is 0 Å². The van der Waals surface area contributed by atoms with E-state index in [2.05, 4.69) is 0 Å². The van der Waals surface area contributed by atoms with E-state index in [0.717, 1.165) is 0 Å². The highest BCUT2D eigenvalue weighted by Gasteiger charge is 2.13. The first-order chi connectivity index (χ1) is 5.37. The van der Waals surface area contributed by atoms with Gasteiger partial charge in [-0.05, 0) is 0 Å². The third-order valence-corrected chi connectivity index (χ3v) is 2.66. The van der Waals surface area contributed by atoms with Crippen molar-refractivity contribution in [1.29, 1.82) is 0 Å². The van der Waals surface area contributed by atoms with Gasteiger partial charge < -0.3 is 5.73 Å². The summed E-state index contributed by atoms with van der Waals surface area (Å²) in [6.07, 6.45) is 0. The zero-order chi connectivity index (χ0) is 9.89. The molecule has 0 atom stereocenters. The third-order valence-electron chi connectivity index (χ3n) is 0.768. The molecule has 0 aliphatic carbocycles. The minimum atomic E-state index is -0.908. The van der Waals surface area contributed by atoms with E-state index in [1.54, 1.807) is 0 Å². The Balaban J connectivity index is 5.06. The molecule has 12 heavy (non-hydrogen) atoms. The Bertz CT molecular complexity index is 265. The number of carbonyl (C=O) groups is 1. The molecule has 0 aliphatic heterocycles. The minimum absolute atomic E-state index is 0.219. The van der Waals surface area contributed by atoms with Crippen LogP contribution in [0, 0.1) is 0 Å². The van der Waals surface area contributed by atoms with Crippen LogP contribution in [-0.4, -0.2) is 5.91 Å². The van der Waals surface area contributed by atoms with E-state index in [4.69, 9.17) is 63.7 Å². The van der Waals surface area contributed by atoms with Crippen LogP contribution in [0.1, 0.15) is 0 Å². The van der Waals surface area contributed by atoms with Crippen molar-refractivity contribution in [1.82, 2.24) is 0 Å². The highest BCUT2D eigenvalue weighted by Crippen LogP contribution is 2.30. The lowest BCUT2D eigenvalue weighted by Crippen LogP contribution is -2.11. The van der Waals surface area contributed by atoms with E-state index in [-0.39, 0.29) is 14.6 Å². The molecule has 7 heteroatoms. The van der Waals surface area contributed by atoms with Gasteiger partial charge in [0.2, 0.25) is 0 Å². The number of hydrogen-bond donors (Lipinski definition) is 1. The molecule has 0 saturated carbocycles. The van der Waals surface area contributed by atoms with Crippen molar-refractivity contribution in [3.63, 3.8) is 0 Å². The van der Waals surface area contributed by atoms with Crippen molar-refractivity contribution in [2.45, 2.75) is 0 Å². The highest BCUT2D eigenvalue weighted by molar-refractivity contribution is 6.62. The van der Waals surface area contributed by atoms with Crippen molar-refractivity contribution >= 4 is 63.9 Å². The molecule has 0 aromatic carbocycles. The first-order valence-corrected chi connectivity index (χ1v) is 4.33. The van der Waals surface area contributed by atoms with Crippen LogP contribution in [0.15, 0.2) is 19.6 Å². The fraction of sp³-hybridized carbons (Fsp3) is 0. The van der Waals surface area contributed by atoms with Gasteiger partial charge in [-0.15, -0.1) is 0 Å². The molecule has 2 nitrogen and oxygen atoms in total. The lowest BCUT2D eigenvalue weighted by Gasteiger charge is -1.98. The second-order valence-corrected chi connectivity index (χ2v) is 3.65. The number of halogens is 5. The molecule has 2 N–H and O–H groups in total. The Kier molecular flexibility index (Phi) is 5.37. The predicted molar refractivity (Wildman–Crippen MR) is 52.5 cm³/mol. The van der Waals surface area contributed by atoms with E-state index in [0.29, 0.717) is 0 Å². The maximum atomic E-state index is 10.4. The third kappa shape index (κ3) is 3.42. The van der Waals surface area contributed by atoms with Gasteiger partial charge in [0, 0.05) is 0 Å². The van der Waals surface area contributed by atoms with Crippen LogP contribution < -0.4 is 5.73 Å². The van der Waals surface area contributed by atoms with Gasteiger partial charge in [0.1, 0.15) is 9.52 Å². The molecule has 68 valence electrons. The van der Waals surface area contributed by atoms with Crippen molar-refractivity contribution in [3.8, 4) is 0 Å². The normalized spacial score (nSPS) is 12.1. The average Bonchev–Trinajstić information content (AvgIpc) is 2.00. The monoisotopic (exact) mass is 267 g/mol. The fourth-order valence-corrected chi connectivity index (χ4v) is 0.998. The Hall–Kier alpha value is 0.400. The average molecular weight is 269 g/mol. The van der Waals surface area contributed by atoms with E-state index in [1.165, 1.54) is 0 Å². The van der Waals surface area contributed by atoms with E-state index >= 15 is 0 Å². The highest BCUT2D eigenvalue weighted by atomic mass is 35.5. The summed E-state index contributed by atoms with van der Waals surface area (Å²) in [6.45, 7) is 0. The second-order valence-electron chi connectivity index (χ2n) is 1.57. The van der Waals surface area contributed by atoms with Gasteiger partial charge in [0.15, 0.2) is 0 Å². The first kappa shape index (κ1) is 12.4. The summed E-state index contributed by atoms with van der Waals surface area (Å²) < 4.78 is -0.291. The summed E-state index contributed by atoms with van der Waals surface area (Å²) in [4.78, 5) is 10.4. The quantitative estimate of drug-likeness (QED) is 0.607. The Labute approximate surface area is 93.8 Å². The van der Waals surface area contributed by atoms with Crippen LogP contribution in [0.2, 0.25) is 0 Å². The number of carbonyl (C=O) groups excluding carboxylic acids is 1. The standard InChI is InChI=1S/C5H2Cl5NO/c6-1(2(7)4(9)10)3(8)5(11)12/h(H2,11,12)/b3-1+. The lowest BCUT2D eigenvalue weighted by molar-refractivity contribution is -0.114. The maximum absolute atomic E-state index is 10.4. The molecule has 0 aromatic rings. The molecule has 0 spiro atoms. The van der Waals surface area contributed by atoms with Gasteiger partial charge in [-0.1, -0.05) is 58.0 Å². The Morgan fingerprint density at radius 2 is 1.25 bits per heavy atom. The van der Waals surface area contributed by atoms with Crippen molar-refractivity contribution in [3.05, 3.63) is 19.6 Å². The van der Waals surface area contributed by atoms with Crippen LogP contribution in [0.25, 0.3) is 0 Å². The van der Waals surface area contributed by atoms with Crippen LogP contribution >= 0.6 is 58.0 Å². The molecule has 0 bridgehead atoms. The van der Waals surface area contributed by atoms with Crippen LogP contribution in [-0.2, 0) is 4.79 Å². The SMILES string of the molecule is NC(=O)/C(Cl)=C(\Cl)C(Cl)=C(Cl)Cl. The molecule has 0 aromatic heterocycles. The predicted octanol–water partition coefficient (Wildman–Crippen LogP) is 3.05. The Morgan fingerprint density at radius 3 is 1.50 bits per heavy atom. The summed E-state index contributed by atoms with van der Waals surface area (Å²) in [5, 5.41) is -0.907. The molecular formula is C5H2Cl5NO. The topological polar surface area (TPSA) is 43.1 Å². The number of amides is 1. The first-order valence-electron chi connectivity index (χ1n) is 2.44. The number of nitrogens with two attached hydrogens (primary N) is 1.